The van der Waals surface area contributed by atoms with Crippen LogP contribution in [0, 0.1) is 17.8 Å². The van der Waals surface area contributed by atoms with E-state index in [9.17, 15) is 13.2 Å². The van der Waals surface area contributed by atoms with Crippen LogP contribution < -0.4 is 5.32 Å². The Morgan fingerprint density at radius 3 is 2.48 bits per heavy atom. The molecule has 1 aromatic carbocycles. The fourth-order valence-electron chi connectivity index (χ4n) is 4.15. The van der Waals surface area contributed by atoms with Gasteiger partial charge in [-0.25, -0.2) is 0 Å². The molecule has 116 valence electrons. The van der Waals surface area contributed by atoms with Crippen LogP contribution in [0.3, 0.4) is 0 Å². The van der Waals surface area contributed by atoms with Crippen LogP contribution >= 0.6 is 0 Å². The summed E-state index contributed by atoms with van der Waals surface area (Å²) in [4.78, 5) is 0. The van der Waals surface area contributed by atoms with Crippen molar-refractivity contribution in [3.8, 4) is 0 Å². The average Bonchev–Trinajstić information content (AvgIpc) is 2.92. The minimum atomic E-state index is -4.27. The van der Waals surface area contributed by atoms with Gasteiger partial charge in [-0.2, -0.15) is 13.2 Å². The third-order valence-electron chi connectivity index (χ3n) is 5.07. The van der Waals surface area contributed by atoms with E-state index in [4.69, 9.17) is 0 Å². The summed E-state index contributed by atoms with van der Waals surface area (Å²) in [5.41, 5.74) is -0.0265. The lowest BCUT2D eigenvalue weighted by atomic mass is 9.92. The van der Waals surface area contributed by atoms with Gasteiger partial charge in [-0.1, -0.05) is 31.5 Å². The molecule has 0 aromatic heterocycles. The van der Waals surface area contributed by atoms with E-state index in [0.717, 1.165) is 13.0 Å². The normalized spacial score (nSPS) is 29.2. The maximum atomic E-state index is 13.3. The molecule has 0 bridgehead atoms. The molecule has 3 rings (SSSR count). The van der Waals surface area contributed by atoms with Gasteiger partial charge in [-0.05, 0) is 55.2 Å². The van der Waals surface area contributed by atoms with Crippen molar-refractivity contribution >= 4 is 0 Å². The maximum Gasteiger partial charge on any atom is 0.416 e. The minimum Gasteiger partial charge on any atom is -0.310 e. The first-order chi connectivity index (χ1) is 10.0. The Bertz CT molecular complexity index is 487. The van der Waals surface area contributed by atoms with Gasteiger partial charge in [0, 0.05) is 6.04 Å². The molecular formula is C17H22F3N. The maximum absolute atomic E-state index is 13.3. The van der Waals surface area contributed by atoms with Crippen molar-refractivity contribution in [2.45, 2.75) is 44.8 Å². The van der Waals surface area contributed by atoms with E-state index < -0.39 is 11.7 Å². The number of halogens is 3. The van der Waals surface area contributed by atoms with Crippen molar-refractivity contribution in [3.05, 3.63) is 35.4 Å². The highest BCUT2D eigenvalue weighted by molar-refractivity contribution is 5.34. The van der Waals surface area contributed by atoms with Crippen molar-refractivity contribution < 1.29 is 13.2 Å². The summed E-state index contributed by atoms with van der Waals surface area (Å²) in [5.74, 6) is 1.68. The molecule has 1 aromatic rings. The van der Waals surface area contributed by atoms with Gasteiger partial charge in [0.15, 0.2) is 0 Å². The molecule has 2 aliphatic carbocycles. The number of benzene rings is 1. The second-order valence-electron chi connectivity index (χ2n) is 6.35. The molecule has 3 atom stereocenters. The van der Waals surface area contributed by atoms with E-state index in [-0.39, 0.29) is 6.04 Å². The Kier molecular flexibility index (Phi) is 4.00. The summed E-state index contributed by atoms with van der Waals surface area (Å²) in [7, 11) is 0. The third kappa shape index (κ3) is 2.83. The van der Waals surface area contributed by atoms with Crippen LogP contribution in [0.15, 0.2) is 24.3 Å². The average molecular weight is 297 g/mol. The van der Waals surface area contributed by atoms with E-state index in [2.05, 4.69) is 5.32 Å². The van der Waals surface area contributed by atoms with Gasteiger partial charge in [0.25, 0.3) is 0 Å². The van der Waals surface area contributed by atoms with Crippen LogP contribution in [0.25, 0.3) is 0 Å². The summed E-state index contributed by atoms with van der Waals surface area (Å²) in [6.07, 6.45) is 0.286. The predicted octanol–water partition coefficient (Wildman–Crippen LogP) is 4.79. The zero-order valence-corrected chi connectivity index (χ0v) is 12.3. The minimum absolute atomic E-state index is 0.141. The van der Waals surface area contributed by atoms with Gasteiger partial charge in [0.2, 0.25) is 0 Å². The van der Waals surface area contributed by atoms with Gasteiger partial charge in [-0.3, -0.25) is 0 Å². The second-order valence-corrected chi connectivity index (χ2v) is 6.35. The van der Waals surface area contributed by atoms with Crippen molar-refractivity contribution in [2.24, 2.45) is 17.8 Å². The number of rotatable bonds is 5. The molecule has 2 aliphatic rings. The number of alkyl halides is 3. The molecule has 0 radical (unpaired) electrons. The summed E-state index contributed by atoms with van der Waals surface area (Å²) < 4.78 is 39.8. The molecule has 0 amide bonds. The summed E-state index contributed by atoms with van der Waals surface area (Å²) >= 11 is 0. The molecule has 3 unspecified atom stereocenters. The molecule has 2 fully saturated rings. The van der Waals surface area contributed by atoms with Gasteiger partial charge in [0.1, 0.15) is 0 Å². The molecular weight excluding hydrogens is 275 g/mol. The number of hydrogen-bond donors (Lipinski definition) is 1. The Morgan fingerprint density at radius 1 is 1.19 bits per heavy atom. The molecule has 0 heterocycles. The summed E-state index contributed by atoms with van der Waals surface area (Å²) in [6, 6.07) is 5.94. The zero-order chi connectivity index (χ0) is 15.0. The van der Waals surface area contributed by atoms with Crippen molar-refractivity contribution in [2.75, 3.05) is 6.54 Å². The molecule has 1 N–H and O–H groups in total. The first-order valence-corrected chi connectivity index (χ1v) is 7.93. The lowest BCUT2D eigenvalue weighted by Crippen LogP contribution is -2.28. The quantitative estimate of drug-likeness (QED) is 0.823. The van der Waals surface area contributed by atoms with Crippen molar-refractivity contribution in [1.82, 2.24) is 5.32 Å². The Balaban J connectivity index is 1.90. The van der Waals surface area contributed by atoms with Gasteiger partial charge in [-0.15, -0.1) is 0 Å². The molecule has 21 heavy (non-hydrogen) atoms. The Morgan fingerprint density at radius 2 is 1.86 bits per heavy atom. The Hall–Kier alpha value is -1.03. The number of fused-ring (bicyclic) bond motifs is 1. The first-order valence-electron chi connectivity index (χ1n) is 7.93. The fourth-order valence-corrected chi connectivity index (χ4v) is 4.15. The van der Waals surface area contributed by atoms with Crippen LogP contribution in [0.1, 0.15) is 49.8 Å². The van der Waals surface area contributed by atoms with E-state index in [1.54, 1.807) is 12.1 Å². The highest BCUT2D eigenvalue weighted by Gasteiger charge is 2.56. The lowest BCUT2D eigenvalue weighted by Gasteiger charge is -2.24. The first kappa shape index (κ1) is 14.9. The predicted molar refractivity (Wildman–Crippen MR) is 76.8 cm³/mol. The molecule has 0 spiro atoms. The van der Waals surface area contributed by atoms with Gasteiger partial charge >= 0.3 is 6.18 Å². The van der Waals surface area contributed by atoms with Gasteiger partial charge < -0.3 is 5.32 Å². The van der Waals surface area contributed by atoms with Crippen LogP contribution in [-0.4, -0.2) is 6.54 Å². The fraction of sp³-hybridized carbons (Fsp3) is 0.647. The number of nitrogens with one attached hydrogen (secondary N) is 1. The van der Waals surface area contributed by atoms with E-state index >= 15 is 0 Å². The smallest absolute Gasteiger partial charge is 0.310 e. The second kappa shape index (κ2) is 5.64. The van der Waals surface area contributed by atoms with Crippen molar-refractivity contribution in [3.63, 3.8) is 0 Å². The molecule has 1 nitrogen and oxygen atoms in total. The van der Waals surface area contributed by atoms with Gasteiger partial charge in [0.05, 0.1) is 5.56 Å². The highest BCUT2D eigenvalue weighted by Crippen LogP contribution is 2.62. The standard InChI is InChI=1S/C17H22F3N/c1-2-10-21-16(15-11-7-5-8-12(11)15)13-6-3-4-9-14(13)17(18,19)20/h3-4,6,9,11-12,15-16,21H,2,5,7-8,10H2,1H3. The highest BCUT2D eigenvalue weighted by atomic mass is 19.4. The van der Waals surface area contributed by atoms with E-state index in [1.807, 2.05) is 6.92 Å². The third-order valence-corrected chi connectivity index (χ3v) is 5.07. The van der Waals surface area contributed by atoms with Crippen LogP contribution in [0.2, 0.25) is 0 Å². The SMILES string of the molecule is CCCNC(c1ccccc1C(F)(F)F)C1C2CCCC21. The molecule has 4 heteroatoms. The zero-order valence-electron chi connectivity index (χ0n) is 12.3. The lowest BCUT2D eigenvalue weighted by molar-refractivity contribution is -0.138. The topological polar surface area (TPSA) is 12.0 Å². The Labute approximate surface area is 123 Å². The summed E-state index contributed by atoms with van der Waals surface area (Å²) in [6.45, 7) is 2.82. The van der Waals surface area contributed by atoms with Crippen LogP contribution in [0.4, 0.5) is 13.2 Å². The van der Waals surface area contributed by atoms with Crippen LogP contribution in [0.5, 0.6) is 0 Å². The van der Waals surface area contributed by atoms with Crippen LogP contribution in [-0.2, 0) is 6.18 Å². The van der Waals surface area contributed by atoms with E-state index in [1.165, 1.54) is 31.4 Å². The number of hydrogen-bond acceptors (Lipinski definition) is 1. The monoisotopic (exact) mass is 297 g/mol. The summed E-state index contributed by atoms with van der Waals surface area (Å²) in [5, 5.41) is 3.39. The largest absolute Gasteiger partial charge is 0.416 e. The molecule has 2 saturated carbocycles. The van der Waals surface area contributed by atoms with Crippen molar-refractivity contribution in [1.29, 1.82) is 0 Å². The molecule has 0 saturated heterocycles. The van der Waals surface area contributed by atoms with E-state index in [0.29, 0.717) is 23.3 Å². The molecule has 0 aliphatic heterocycles.